The summed E-state index contributed by atoms with van der Waals surface area (Å²) in [6.07, 6.45) is 9.01. The van der Waals surface area contributed by atoms with E-state index in [-0.39, 0.29) is 0 Å². The van der Waals surface area contributed by atoms with Crippen molar-refractivity contribution in [3.8, 4) is 0 Å². The fraction of sp³-hybridized carbons (Fsp3) is 1.00. The van der Waals surface area contributed by atoms with Crippen LogP contribution >= 0.6 is 0 Å². The van der Waals surface area contributed by atoms with Crippen molar-refractivity contribution in [3.63, 3.8) is 0 Å². The summed E-state index contributed by atoms with van der Waals surface area (Å²) in [5.41, 5.74) is 0. The Balaban J connectivity index is 2.18. The van der Waals surface area contributed by atoms with Gasteiger partial charge in [-0.05, 0) is 0 Å². The lowest BCUT2D eigenvalue weighted by molar-refractivity contribution is 0.694. The molecule has 1 fully saturated rings. The first kappa shape index (κ1) is 7.18. The second kappa shape index (κ2) is 3.97. The van der Waals surface area contributed by atoms with Crippen LogP contribution in [0.1, 0.15) is 38.5 Å². The fourth-order valence-corrected chi connectivity index (χ4v) is 1.77. The highest BCUT2D eigenvalue weighted by molar-refractivity contribution is 6.35. The topological polar surface area (TPSA) is 0 Å². The first-order chi connectivity index (χ1) is 4.43. The highest BCUT2D eigenvalue weighted by Crippen LogP contribution is 2.26. The normalized spacial score (nSPS) is 23.2. The maximum Gasteiger partial charge on any atom is 0.120 e. The van der Waals surface area contributed by atoms with Crippen molar-refractivity contribution in [2.75, 3.05) is 0 Å². The van der Waals surface area contributed by atoms with Gasteiger partial charge >= 0.3 is 0 Å². The first-order valence-electron chi connectivity index (χ1n) is 4.43. The van der Waals surface area contributed by atoms with Gasteiger partial charge in [0.25, 0.3) is 0 Å². The van der Waals surface area contributed by atoms with Crippen molar-refractivity contribution < 1.29 is 0 Å². The monoisotopic (exact) mass is 124 g/mol. The fourth-order valence-electron chi connectivity index (χ4n) is 1.77. The average molecular weight is 124 g/mol. The molecule has 0 aliphatic heterocycles. The van der Waals surface area contributed by atoms with Gasteiger partial charge in [0.2, 0.25) is 0 Å². The van der Waals surface area contributed by atoms with Crippen LogP contribution in [0.3, 0.4) is 0 Å². The molecule has 0 spiro atoms. The van der Waals surface area contributed by atoms with Crippen LogP contribution in [0.15, 0.2) is 0 Å². The molecule has 0 aromatic rings. The van der Waals surface area contributed by atoms with E-state index in [0.29, 0.717) is 0 Å². The molecule has 0 unspecified atom stereocenters. The van der Waals surface area contributed by atoms with Crippen molar-refractivity contribution in [2.45, 2.75) is 51.2 Å². The summed E-state index contributed by atoms with van der Waals surface area (Å²) in [5, 5.41) is 0. The van der Waals surface area contributed by atoms with Crippen LogP contribution in [-0.4, -0.2) is 7.28 Å². The van der Waals surface area contributed by atoms with E-state index in [1.54, 1.807) is 0 Å². The Hall–Kier alpha value is 0.0649. The highest BCUT2D eigenvalue weighted by Gasteiger charge is 2.09. The molecule has 0 heterocycles. The molecular formula is C8H17B. The summed E-state index contributed by atoms with van der Waals surface area (Å²) < 4.78 is 0. The molecule has 0 aromatic carbocycles. The molecule has 1 aliphatic rings. The van der Waals surface area contributed by atoms with Crippen LogP contribution < -0.4 is 0 Å². The van der Waals surface area contributed by atoms with Crippen molar-refractivity contribution in [1.82, 2.24) is 0 Å². The van der Waals surface area contributed by atoms with Gasteiger partial charge in [-0.15, -0.1) is 0 Å². The van der Waals surface area contributed by atoms with Gasteiger partial charge in [0, 0.05) is 0 Å². The predicted molar refractivity (Wildman–Crippen MR) is 44.5 cm³/mol. The molecule has 0 saturated heterocycles. The lowest BCUT2D eigenvalue weighted by atomic mass is 9.64. The standard InChI is InChI=1S/C8H17B/c1-9-8-6-4-2-3-5-7-8/h8-9H,2-7H2,1H3. The average Bonchev–Trinajstić information content (AvgIpc) is 2.13. The molecule has 1 saturated carbocycles. The summed E-state index contributed by atoms with van der Waals surface area (Å²) in [6, 6.07) is 0. The Morgan fingerprint density at radius 1 is 1.00 bits per heavy atom. The van der Waals surface area contributed by atoms with Gasteiger partial charge in [-0.2, -0.15) is 0 Å². The molecule has 0 N–H and O–H groups in total. The van der Waals surface area contributed by atoms with Crippen LogP contribution in [0.4, 0.5) is 0 Å². The van der Waals surface area contributed by atoms with Crippen molar-refractivity contribution in [3.05, 3.63) is 0 Å². The van der Waals surface area contributed by atoms with Gasteiger partial charge in [0.15, 0.2) is 0 Å². The zero-order chi connectivity index (χ0) is 6.53. The Labute approximate surface area is 59.3 Å². The van der Waals surface area contributed by atoms with Gasteiger partial charge in [0.1, 0.15) is 7.28 Å². The van der Waals surface area contributed by atoms with E-state index in [1.165, 1.54) is 45.8 Å². The molecule has 9 heavy (non-hydrogen) atoms. The zero-order valence-electron chi connectivity index (χ0n) is 6.53. The van der Waals surface area contributed by atoms with E-state index in [1.807, 2.05) is 0 Å². The number of rotatable bonds is 1. The van der Waals surface area contributed by atoms with Crippen molar-refractivity contribution in [2.24, 2.45) is 0 Å². The van der Waals surface area contributed by atoms with Crippen LogP contribution in [-0.2, 0) is 0 Å². The van der Waals surface area contributed by atoms with Crippen molar-refractivity contribution >= 4 is 7.28 Å². The largest absolute Gasteiger partial charge is 0.120 e. The Kier molecular flexibility index (Phi) is 3.17. The first-order valence-corrected chi connectivity index (χ1v) is 4.43. The Morgan fingerprint density at radius 3 is 2.00 bits per heavy atom. The van der Waals surface area contributed by atoms with E-state index in [9.17, 15) is 0 Å². The molecule has 1 rings (SSSR count). The van der Waals surface area contributed by atoms with Gasteiger partial charge < -0.3 is 0 Å². The summed E-state index contributed by atoms with van der Waals surface area (Å²) in [7, 11) is 1.42. The summed E-state index contributed by atoms with van der Waals surface area (Å²) in [4.78, 5) is 0. The van der Waals surface area contributed by atoms with E-state index in [4.69, 9.17) is 0 Å². The summed E-state index contributed by atoms with van der Waals surface area (Å²) >= 11 is 0. The zero-order valence-corrected chi connectivity index (χ0v) is 6.53. The lowest BCUT2D eigenvalue weighted by Crippen LogP contribution is -1.96. The van der Waals surface area contributed by atoms with Crippen LogP contribution in [0.5, 0.6) is 0 Å². The molecule has 0 amide bonds. The minimum atomic E-state index is 1.08. The minimum Gasteiger partial charge on any atom is -0.0891 e. The second-order valence-corrected chi connectivity index (χ2v) is 3.27. The van der Waals surface area contributed by atoms with E-state index in [0.717, 1.165) is 5.82 Å². The lowest BCUT2D eigenvalue weighted by Gasteiger charge is -2.07. The smallest absolute Gasteiger partial charge is 0.0891 e. The molecular weight excluding hydrogens is 107 g/mol. The maximum absolute atomic E-state index is 2.33. The van der Waals surface area contributed by atoms with E-state index in [2.05, 4.69) is 6.82 Å². The minimum absolute atomic E-state index is 1.08. The van der Waals surface area contributed by atoms with Crippen molar-refractivity contribution in [1.29, 1.82) is 0 Å². The SMILES string of the molecule is CBC1CCCCCC1. The summed E-state index contributed by atoms with van der Waals surface area (Å²) in [5.74, 6) is 1.08. The second-order valence-electron chi connectivity index (χ2n) is 3.27. The third-order valence-corrected chi connectivity index (χ3v) is 2.55. The molecule has 0 aromatic heterocycles. The number of hydrogen-bond acceptors (Lipinski definition) is 0. The Morgan fingerprint density at radius 2 is 1.56 bits per heavy atom. The highest BCUT2D eigenvalue weighted by atomic mass is 14.1. The van der Waals surface area contributed by atoms with E-state index < -0.39 is 0 Å². The van der Waals surface area contributed by atoms with Gasteiger partial charge in [0.05, 0.1) is 0 Å². The molecule has 0 radical (unpaired) electrons. The predicted octanol–water partition coefficient (Wildman–Crippen LogP) is 2.61. The third kappa shape index (κ3) is 2.42. The van der Waals surface area contributed by atoms with Gasteiger partial charge in [-0.3, -0.25) is 0 Å². The Bertz CT molecular complexity index is 63.0. The quantitative estimate of drug-likeness (QED) is 0.372. The van der Waals surface area contributed by atoms with Crippen LogP contribution in [0.25, 0.3) is 0 Å². The molecule has 0 nitrogen and oxygen atoms in total. The van der Waals surface area contributed by atoms with Crippen LogP contribution in [0.2, 0.25) is 12.6 Å². The molecule has 0 bridgehead atoms. The maximum atomic E-state index is 2.33. The van der Waals surface area contributed by atoms with Crippen LogP contribution in [0, 0.1) is 0 Å². The van der Waals surface area contributed by atoms with E-state index >= 15 is 0 Å². The molecule has 1 aliphatic carbocycles. The van der Waals surface area contributed by atoms with Gasteiger partial charge in [-0.1, -0.05) is 51.2 Å². The molecule has 1 heteroatoms. The van der Waals surface area contributed by atoms with Gasteiger partial charge in [-0.25, -0.2) is 0 Å². The number of hydrogen-bond donors (Lipinski definition) is 0. The molecule has 52 valence electrons. The summed E-state index contributed by atoms with van der Waals surface area (Å²) in [6.45, 7) is 2.33. The molecule has 0 atom stereocenters. The third-order valence-electron chi connectivity index (χ3n) is 2.55.